The molecular weight excluding hydrogens is 264 g/mol. The summed E-state index contributed by atoms with van der Waals surface area (Å²) in [5, 5.41) is 2.91. The fourth-order valence-electron chi connectivity index (χ4n) is 2.10. The van der Waals surface area contributed by atoms with Crippen LogP contribution in [0.2, 0.25) is 0 Å². The van der Waals surface area contributed by atoms with Gasteiger partial charge in [-0.25, -0.2) is 0 Å². The summed E-state index contributed by atoms with van der Waals surface area (Å²) >= 11 is 0. The van der Waals surface area contributed by atoms with E-state index in [0.29, 0.717) is 18.7 Å². The highest BCUT2D eigenvalue weighted by molar-refractivity contribution is 5.80. The Kier molecular flexibility index (Phi) is 5.21. The number of ether oxygens (including phenoxy) is 1. The molecule has 1 amide bonds. The van der Waals surface area contributed by atoms with E-state index in [1.165, 1.54) is 0 Å². The van der Waals surface area contributed by atoms with Crippen LogP contribution in [-0.2, 0) is 17.6 Å². The minimum absolute atomic E-state index is 0.0178. The van der Waals surface area contributed by atoms with Gasteiger partial charge in [0.1, 0.15) is 5.75 Å². The van der Waals surface area contributed by atoms with Gasteiger partial charge in [0.2, 0.25) is 5.91 Å². The number of benzene rings is 2. The van der Waals surface area contributed by atoms with Gasteiger partial charge in [-0.15, -0.1) is 0 Å². The molecule has 0 aliphatic heterocycles. The quantitative estimate of drug-likeness (QED) is 0.799. The summed E-state index contributed by atoms with van der Waals surface area (Å²) in [7, 11) is 1.64. The average Bonchev–Trinajstić information content (AvgIpc) is 2.50. The molecule has 0 saturated carbocycles. The SMILES string of the molecule is COc1cccc(CCNC(=O)Cc2ccccc2N)c1. The molecule has 4 nitrogen and oxygen atoms in total. The van der Waals surface area contributed by atoms with Crippen LogP contribution in [0.3, 0.4) is 0 Å². The third kappa shape index (κ3) is 4.53. The van der Waals surface area contributed by atoms with E-state index in [1.807, 2.05) is 42.5 Å². The van der Waals surface area contributed by atoms with E-state index in [9.17, 15) is 4.79 Å². The molecule has 110 valence electrons. The summed E-state index contributed by atoms with van der Waals surface area (Å²) in [5.74, 6) is 0.812. The van der Waals surface area contributed by atoms with E-state index in [1.54, 1.807) is 13.2 Å². The normalized spacial score (nSPS) is 10.1. The topological polar surface area (TPSA) is 64.3 Å². The molecule has 0 aromatic heterocycles. The molecule has 2 rings (SSSR count). The summed E-state index contributed by atoms with van der Waals surface area (Å²) < 4.78 is 5.17. The van der Waals surface area contributed by atoms with Crippen molar-refractivity contribution >= 4 is 11.6 Å². The Morgan fingerprint density at radius 1 is 1.19 bits per heavy atom. The minimum atomic E-state index is -0.0178. The highest BCUT2D eigenvalue weighted by Gasteiger charge is 2.05. The smallest absolute Gasteiger partial charge is 0.224 e. The predicted molar refractivity (Wildman–Crippen MR) is 84.3 cm³/mol. The zero-order valence-corrected chi connectivity index (χ0v) is 12.1. The van der Waals surface area contributed by atoms with E-state index >= 15 is 0 Å². The average molecular weight is 284 g/mol. The minimum Gasteiger partial charge on any atom is -0.497 e. The largest absolute Gasteiger partial charge is 0.497 e. The number of nitrogens with one attached hydrogen (secondary N) is 1. The van der Waals surface area contributed by atoms with Crippen LogP contribution >= 0.6 is 0 Å². The first-order chi connectivity index (χ1) is 10.2. The van der Waals surface area contributed by atoms with Crippen LogP contribution in [-0.4, -0.2) is 19.6 Å². The first-order valence-corrected chi connectivity index (χ1v) is 6.92. The number of amides is 1. The molecule has 0 aliphatic rings. The van der Waals surface area contributed by atoms with Crippen molar-refractivity contribution in [3.8, 4) is 5.75 Å². The second-order valence-electron chi connectivity index (χ2n) is 4.83. The summed E-state index contributed by atoms with van der Waals surface area (Å²) in [6.45, 7) is 0.596. The predicted octanol–water partition coefficient (Wildman–Crippen LogP) is 2.18. The van der Waals surface area contributed by atoms with Gasteiger partial charge in [-0.05, 0) is 35.7 Å². The second kappa shape index (κ2) is 7.33. The van der Waals surface area contributed by atoms with Crippen molar-refractivity contribution in [2.45, 2.75) is 12.8 Å². The number of rotatable bonds is 6. The highest BCUT2D eigenvalue weighted by Crippen LogP contribution is 2.13. The molecule has 0 heterocycles. The molecule has 0 radical (unpaired) electrons. The van der Waals surface area contributed by atoms with Gasteiger partial charge in [-0.3, -0.25) is 4.79 Å². The molecule has 0 bridgehead atoms. The second-order valence-corrected chi connectivity index (χ2v) is 4.83. The molecule has 3 N–H and O–H groups in total. The van der Waals surface area contributed by atoms with Crippen LogP contribution < -0.4 is 15.8 Å². The number of para-hydroxylation sites is 1. The summed E-state index contributed by atoms with van der Waals surface area (Å²) in [6, 6.07) is 15.3. The van der Waals surface area contributed by atoms with Crippen LogP contribution in [0.1, 0.15) is 11.1 Å². The third-order valence-corrected chi connectivity index (χ3v) is 3.28. The molecule has 2 aromatic carbocycles. The van der Waals surface area contributed by atoms with Gasteiger partial charge >= 0.3 is 0 Å². The molecule has 0 unspecified atom stereocenters. The maximum absolute atomic E-state index is 11.9. The van der Waals surface area contributed by atoms with E-state index in [4.69, 9.17) is 10.5 Å². The lowest BCUT2D eigenvalue weighted by Gasteiger charge is -2.08. The lowest BCUT2D eigenvalue weighted by Crippen LogP contribution is -2.27. The number of anilines is 1. The number of carbonyl (C=O) groups excluding carboxylic acids is 1. The maximum atomic E-state index is 11.9. The number of nitrogen functional groups attached to an aromatic ring is 1. The fraction of sp³-hybridized carbons (Fsp3) is 0.235. The Bertz CT molecular complexity index is 611. The number of nitrogens with two attached hydrogens (primary N) is 1. The molecule has 0 saturated heterocycles. The first kappa shape index (κ1) is 14.9. The van der Waals surface area contributed by atoms with E-state index in [-0.39, 0.29) is 5.91 Å². The standard InChI is InChI=1S/C17H20N2O2/c1-21-15-7-4-5-13(11-15)9-10-19-17(20)12-14-6-2-3-8-16(14)18/h2-8,11H,9-10,12,18H2,1H3,(H,19,20). The fourth-order valence-corrected chi connectivity index (χ4v) is 2.10. The van der Waals surface area contributed by atoms with E-state index < -0.39 is 0 Å². The molecule has 0 atom stereocenters. The third-order valence-electron chi connectivity index (χ3n) is 3.28. The van der Waals surface area contributed by atoms with E-state index in [2.05, 4.69) is 5.32 Å². The number of hydrogen-bond donors (Lipinski definition) is 2. The highest BCUT2D eigenvalue weighted by atomic mass is 16.5. The lowest BCUT2D eigenvalue weighted by molar-refractivity contribution is -0.120. The van der Waals surface area contributed by atoms with Gasteiger partial charge in [0.15, 0.2) is 0 Å². The molecule has 0 aliphatic carbocycles. The van der Waals surface area contributed by atoms with Crippen molar-refractivity contribution in [1.29, 1.82) is 0 Å². The Labute approximate surface area is 124 Å². The Morgan fingerprint density at radius 3 is 2.76 bits per heavy atom. The van der Waals surface area contributed by atoms with Crippen molar-refractivity contribution in [3.05, 3.63) is 59.7 Å². The Hall–Kier alpha value is -2.49. The molecular formula is C17H20N2O2. The molecule has 0 fully saturated rings. The van der Waals surface area contributed by atoms with Gasteiger partial charge < -0.3 is 15.8 Å². The van der Waals surface area contributed by atoms with Crippen LogP contribution in [0.4, 0.5) is 5.69 Å². The molecule has 21 heavy (non-hydrogen) atoms. The van der Waals surface area contributed by atoms with Crippen LogP contribution in [0.5, 0.6) is 5.75 Å². The van der Waals surface area contributed by atoms with Crippen LogP contribution in [0, 0.1) is 0 Å². The maximum Gasteiger partial charge on any atom is 0.224 e. The van der Waals surface area contributed by atoms with Gasteiger partial charge in [-0.1, -0.05) is 30.3 Å². The lowest BCUT2D eigenvalue weighted by atomic mass is 10.1. The molecule has 0 spiro atoms. The van der Waals surface area contributed by atoms with E-state index in [0.717, 1.165) is 23.3 Å². The Morgan fingerprint density at radius 2 is 2.00 bits per heavy atom. The van der Waals surface area contributed by atoms with Crippen molar-refractivity contribution in [3.63, 3.8) is 0 Å². The van der Waals surface area contributed by atoms with Crippen molar-refractivity contribution < 1.29 is 9.53 Å². The van der Waals surface area contributed by atoms with Gasteiger partial charge in [0.05, 0.1) is 13.5 Å². The first-order valence-electron chi connectivity index (χ1n) is 6.92. The van der Waals surface area contributed by atoms with Crippen molar-refractivity contribution in [2.24, 2.45) is 0 Å². The number of methoxy groups -OCH3 is 1. The molecule has 2 aromatic rings. The van der Waals surface area contributed by atoms with Crippen LogP contribution in [0.25, 0.3) is 0 Å². The zero-order chi connectivity index (χ0) is 15.1. The summed E-state index contributed by atoms with van der Waals surface area (Å²) in [5.41, 5.74) is 8.47. The van der Waals surface area contributed by atoms with Crippen molar-refractivity contribution in [1.82, 2.24) is 5.32 Å². The van der Waals surface area contributed by atoms with Gasteiger partial charge in [-0.2, -0.15) is 0 Å². The van der Waals surface area contributed by atoms with Gasteiger partial charge in [0.25, 0.3) is 0 Å². The zero-order valence-electron chi connectivity index (χ0n) is 12.1. The Balaban J connectivity index is 1.80. The summed E-state index contributed by atoms with van der Waals surface area (Å²) in [4.78, 5) is 11.9. The number of hydrogen-bond acceptors (Lipinski definition) is 3. The number of carbonyl (C=O) groups is 1. The molecule has 4 heteroatoms. The van der Waals surface area contributed by atoms with Crippen LogP contribution in [0.15, 0.2) is 48.5 Å². The monoisotopic (exact) mass is 284 g/mol. The van der Waals surface area contributed by atoms with Crippen molar-refractivity contribution in [2.75, 3.05) is 19.4 Å². The summed E-state index contributed by atoms with van der Waals surface area (Å²) in [6.07, 6.45) is 1.08. The van der Waals surface area contributed by atoms with Gasteiger partial charge in [0, 0.05) is 12.2 Å².